The first-order chi connectivity index (χ1) is 13.2. The maximum absolute atomic E-state index is 13.9. The number of nitrogens with zero attached hydrogens (tertiary/aromatic N) is 4. The summed E-state index contributed by atoms with van der Waals surface area (Å²) in [5, 5.41) is 8.04. The van der Waals surface area contributed by atoms with Crippen LogP contribution in [0.2, 0.25) is 0 Å². The third-order valence-corrected chi connectivity index (χ3v) is 3.87. The molecule has 0 spiro atoms. The number of benzene rings is 2. The average molecular weight is 364 g/mol. The van der Waals surface area contributed by atoms with Gasteiger partial charge in [0.25, 0.3) is 5.89 Å². The number of hydrogen-bond acceptors (Lipinski definition) is 6. The third-order valence-electron chi connectivity index (χ3n) is 3.87. The number of ether oxygens (including phenoxy) is 1. The number of aromatic nitrogens is 4. The van der Waals surface area contributed by atoms with Crippen molar-refractivity contribution in [3.05, 3.63) is 76.8 Å². The molecular weight excluding hydrogens is 351 g/mol. The van der Waals surface area contributed by atoms with E-state index in [0.29, 0.717) is 11.4 Å². The second-order valence-electron chi connectivity index (χ2n) is 5.58. The molecule has 27 heavy (non-hydrogen) atoms. The summed E-state index contributed by atoms with van der Waals surface area (Å²) < 4.78 is 25.7. The van der Waals surface area contributed by atoms with Gasteiger partial charge >= 0.3 is 0 Å². The number of methoxy groups -OCH3 is 1. The van der Waals surface area contributed by atoms with E-state index in [2.05, 4.69) is 15.2 Å². The molecular formula is C19H13FN4O3. The highest BCUT2D eigenvalue weighted by Crippen LogP contribution is 2.22. The van der Waals surface area contributed by atoms with E-state index in [1.807, 2.05) is 6.07 Å². The van der Waals surface area contributed by atoms with Crippen LogP contribution in [-0.4, -0.2) is 27.0 Å². The molecule has 0 N–H and O–H groups in total. The van der Waals surface area contributed by atoms with Gasteiger partial charge in [-0.15, -0.1) is 0 Å². The van der Waals surface area contributed by atoms with Gasteiger partial charge in [0, 0.05) is 18.3 Å². The average Bonchev–Trinajstić information content (AvgIpc) is 3.18. The SMILES string of the molecule is COc1cccc(-n2ccc(=O)c(-c3nc(-c4ccccc4F)no3)n2)c1. The van der Waals surface area contributed by atoms with Crippen LogP contribution in [-0.2, 0) is 0 Å². The Labute approximate surface area is 152 Å². The van der Waals surface area contributed by atoms with E-state index in [1.165, 1.54) is 29.1 Å². The highest BCUT2D eigenvalue weighted by Gasteiger charge is 2.17. The number of rotatable bonds is 4. The summed E-state index contributed by atoms with van der Waals surface area (Å²) in [6, 6.07) is 14.6. The lowest BCUT2D eigenvalue weighted by atomic mass is 10.2. The van der Waals surface area contributed by atoms with Gasteiger partial charge in [0.05, 0.1) is 18.4 Å². The Balaban J connectivity index is 1.77. The molecule has 2 heterocycles. The lowest BCUT2D eigenvalue weighted by Crippen LogP contribution is -2.12. The zero-order valence-electron chi connectivity index (χ0n) is 14.2. The molecule has 2 aromatic heterocycles. The van der Waals surface area contributed by atoms with Crippen molar-refractivity contribution < 1.29 is 13.7 Å². The van der Waals surface area contributed by atoms with Crippen molar-refractivity contribution in [2.75, 3.05) is 7.11 Å². The van der Waals surface area contributed by atoms with E-state index in [1.54, 1.807) is 37.4 Å². The molecule has 0 saturated carbocycles. The summed E-state index contributed by atoms with van der Waals surface area (Å²) >= 11 is 0. The molecule has 8 heteroatoms. The van der Waals surface area contributed by atoms with E-state index >= 15 is 0 Å². The minimum Gasteiger partial charge on any atom is -0.497 e. The van der Waals surface area contributed by atoms with Gasteiger partial charge in [-0.1, -0.05) is 23.4 Å². The number of hydrogen-bond donors (Lipinski definition) is 0. The summed E-state index contributed by atoms with van der Waals surface area (Å²) in [7, 11) is 1.56. The minimum atomic E-state index is -0.486. The van der Waals surface area contributed by atoms with E-state index in [-0.39, 0.29) is 23.0 Å². The van der Waals surface area contributed by atoms with Crippen LogP contribution in [0.25, 0.3) is 28.7 Å². The molecule has 0 saturated heterocycles. The van der Waals surface area contributed by atoms with Gasteiger partial charge in [-0.05, 0) is 24.3 Å². The van der Waals surface area contributed by atoms with E-state index < -0.39 is 11.2 Å². The predicted octanol–water partition coefficient (Wildman–Crippen LogP) is 3.10. The summed E-state index contributed by atoms with van der Waals surface area (Å²) in [5.74, 6) is 0.116. The van der Waals surface area contributed by atoms with E-state index in [0.717, 1.165) is 0 Å². The van der Waals surface area contributed by atoms with Crippen LogP contribution in [0, 0.1) is 5.82 Å². The van der Waals surface area contributed by atoms with E-state index in [9.17, 15) is 9.18 Å². The second kappa shape index (κ2) is 6.83. The molecule has 0 radical (unpaired) electrons. The fourth-order valence-electron chi connectivity index (χ4n) is 2.52. The van der Waals surface area contributed by atoms with E-state index in [4.69, 9.17) is 9.26 Å². The molecule has 0 aliphatic heterocycles. The van der Waals surface area contributed by atoms with Crippen molar-refractivity contribution in [2.45, 2.75) is 0 Å². The smallest absolute Gasteiger partial charge is 0.282 e. The summed E-state index contributed by atoms with van der Waals surface area (Å²) in [4.78, 5) is 16.4. The maximum atomic E-state index is 13.9. The first-order valence-corrected chi connectivity index (χ1v) is 7.99. The quantitative estimate of drug-likeness (QED) is 0.553. The van der Waals surface area contributed by atoms with Crippen molar-refractivity contribution in [2.24, 2.45) is 0 Å². The lowest BCUT2D eigenvalue weighted by molar-refractivity contribution is 0.414. The standard InChI is InChI=1S/C19H13FN4O3/c1-26-13-6-4-5-12(11-13)24-10-9-16(25)17(22-24)19-21-18(23-27-19)14-7-2-3-8-15(14)20/h2-11H,1H3. The topological polar surface area (TPSA) is 83.0 Å². The van der Waals surface area contributed by atoms with Crippen LogP contribution in [0.5, 0.6) is 5.75 Å². The highest BCUT2D eigenvalue weighted by atomic mass is 19.1. The Bertz CT molecular complexity index is 1170. The molecule has 134 valence electrons. The second-order valence-corrected chi connectivity index (χ2v) is 5.58. The normalized spacial score (nSPS) is 10.7. The first-order valence-electron chi connectivity index (χ1n) is 7.99. The van der Waals surface area contributed by atoms with Crippen molar-refractivity contribution in [1.29, 1.82) is 0 Å². The van der Waals surface area contributed by atoms with Gasteiger partial charge in [-0.25, -0.2) is 9.07 Å². The van der Waals surface area contributed by atoms with Crippen LogP contribution in [0.4, 0.5) is 4.39 Å². The van der Waals surface area contributed by atoms with Gasteiger partial charge < -0.3 is 9.26 Å². The molecule has 4 rings (SSSR count). The predicted molar refractivity (Wildman–Crippen MR) is 95.1 cm³/mol. The van der Waals surface area contributed by atoms with Crippen molar-refractivity contribution in [1.82, 2.24) is 19.9 Å². The third kappa shape index (κ3) is 3.20. The molecule has 2 aromatic carbocycles. The largest absolute Gasteiger partial charge is 0.497 e. The summed E-state index contributed by atoms with van der Waals surface area (Å²) in [5.41, 5.74) is 0.439. The monoisotopic (exact) mass is 364 g/mol. The molecule has 0 amide bonds. The molecule has 4 aromatic rings. The van der Waals surface area contributed by atoms with Crippen molar-refractivity contribution in [3.8, 4) is 34.4 Å². The number of halogens is 1. The fourth-order valence-corrected chi connectivity index (χ4v) is 2.52. The lowest BCUT2D eigenvalue weighted by Gasteiger charge is -2.07. The zero-order chi connectivity index (χ0) is 18.8. The Morgan fingerprint density at radius 2 is 1.96 bits per heavy atom. The molecule has 0 aliphatic rings. The minimum absolute atomic E-state index is 0.0320. The van der Waals surface area contributed by atoms with Crippen molar-refractivity contribution >= 4 is 0 Å². The van der Waals surface area contributed by atoms with Crippen molar-refractivity contribution in [3.63, 3.8) is 0 Å². The van der Waals surface area contributed by atoms with Gasteiger partial charge in [0.2, 0.25) is 11.3 Å². The molecule has 0 fully saturated rings. The van der Waals surface area contributed by atoms with Crippen LogP contribution >= 0.6 is 0 Å². The molecule has 0 atom stereocenters. The Hall–Kier alpha value is -3.81. The van der Waals surface area contributed by atoms with Crippen LogP contribution in [0.1, 0.15) is 0 Å². The Morgan fingerprint density at radius 1 is 1.11 bits per heavy atom. The van der Waals surface area contributed by atoms with Crippen LogP contribution in [0.3, 0.4) is 0 Å². The molecule has 0 unspecified atom stereocenters. The first kappa shape index (κ1) is 16.6. The molecule has 0 aliphatic carbocycles. The maximum Gasteiger partial charge on any atom is 0.282 e. The van der Waals surface area contributed by atoms with Gasteiger partial charge in [0.1, 0.15) is 11.6 Å². The van der Waals surface area contributed by atoms with Gasteiger partial charge in [0.15, 0.2) is 5.69 Å². The Kier molecular flexibility index (Phi) is 4.21. The summed E-state index contributed by atoms with van der Waals surface area (Å²) in [6.45, 7) is 0. The molecule has 0 bridgehead atoms. The van der Waals surface area contributed by atoms with Gasteiger partial charge in [-0.3, -0.25) is 4.79 Å². The highest BCUT2D eigenvalue weighted by molar-refractivity contribution is 5.58. The molecule has 7 nitrogen and oxygen atoms in total. The fraction of sp³-hybridized carbons (Fsp3) is 0.0526. The Morgan fingerprint density at radius 3 is 2.78 bits per heavy atom. The van der Waals surface area contributed by atoms with Crippen LogP contribution < -0.4 is 10.2 Å². The van der Waals surface area contributed by atoms with Gasteiger partial charge in [-0.2, -0.15) is 10.1 Å². The summed E-state index contributed by atoms with van der Waals surface area (Å²) in [6.07, 6.45) is 1.52. The zero-order valence-corrected chi connectivity index (χ0v) is 14.2. The van der Waals surface area contributed by atoms with Crippen LogP contribution in [0.15, 0.2) is 70.1 Å².